The van der Waals surface area contributed by atoms with Gasteiger partial charge in [-0.05, 0) is 36.0 Å². The molecular weight excluding hydrogens is 328 g/mol. The molecule has 1 aliphatic rings. The molecule has 0 aliphatic heterocycles. The molecule has 0 bridgehead atoms. The van der Waals surface area contributed by atoms with Crippen molar-refractivity contribution in [1.29, 1.82) is 0 Å². The van der Waals surface area contributed by atoms with Crippen LogP contribution in [0.2, 0.25) is 0 Å². The summed E-state index contributed by atoms with van der Waals surface area (Å²) in [6, 6.07) is 6.40. The molecule has 1 amide bonds. The zero-order chi connectivity index (χ0) is 18.3. The molecule has 1 saturated carbocycles. The number of carbonyl (C=O) groups excluding carboxylic acids is 1. The third-order valence-corrected chi connectivity index (χ3v) is 4.59. The molecule has 136 valence electrons. The minimum absolute atomic E-state index is 0.0456. The normalized spacial score (nSPS) is 16.0. The van der Waals surface area contributed by atoms with Crippen molar-refractivity contribution in [2.45, 2.75) is 45.1 Å². The van der Waals surface area contributed by atoms with Crippen LogP contribution in [0.25, 0.3) is 0 Å². The predicted molar refractivity (Wildman–Crippen MR) is 88.3 cm³/mol. The first-order chi connectivity index (χ1) is 11.9. The first kappa shape index (κ1) is 18.7. The highest BCUT2D eigenvalue weighted by molar-refractivity contribution is 5.94. The van der Waals surface area contributed by atoms with Gasteiger partial charge in [0.05, 0.1) is 6.42 Å². The van der Waals surface area contributed by atoms with Gasteiger partial charge in [-0.1, -0.05) is 31.4 Å². The van der Waals surface area contributed by atoms with Crippen LogP contribution in [0.15, 0.2) is 24.3 Å². The summed E-state index contributed by atoms with van der Waals surface area (Å²) in [5, 5.41) is 21.4. The molecule has 2 rings (SSSR count). The third-order valence-electron chi connectivity index (χ3n) is 4.59. The highest BCUT2D eigenvalue weighted by Gasteiger charge is 2.34. The molecule has 0 aromatic heterocycles. The Bertz CT molecular complexity index is 640. The Balaban J connectivity index is 1.99. The molecule has 25 heavy (non-hydrogen) atoms. The molecule has 1 fully saturated rings. The number of carboxylic acids is 1. The summed E-state index contributed by atoms with van der Waals surface area (Å²) >= 11 is 0. The van der Waals surface area contributed by atoms with Crippen molar-refractivity contribution in [3.8, 4) is 0 Å². The summed E-state index contributed by atoms with van der Waals surface area (Å²) in [6.45, 7) is 0.0881. The second kappa shape index (κ2) is 8.46. The molecular formula is C17H22N2O6. The average Bonchev–Trinajstić information content (AvgIpc) is 2.58. The lowest BCUT2D eigenvalue weighted by atomic mass is 9.71. The van der Waals surface area contributed by atoms with E-state index in [0.29, 0.717) is 17.7 Å². The van der Waals surface area contributed by atoms with Crippen molar-refractivity contribution in [3.63, 3.8) is 0 Å². The molecule has 2 N–H and O–H groups in total. The van der Waals surface area contributed by atoms with Crippen molar-refractivity contribution in [2.75, 3.05) is 6.54 Å². The summed E-state index contributed by atoms with van der Waals surface area (Å²) < 4.78 is 0. The van der Waals surface area contributed by atoms with Crippen LogP contribution in [-0.2, 0) is 16.2 Å². The topological polar surface area (TPSA) is 119 Å². The van der Waals surface area contributed by atoms with E-state index in [0.717, 1.165) is 32.1 Å². The Morgan fingerprint density at radius 2 is 2.00 bits per heavy atom. The van der Waals surface area contributed by atoms with Gasteiger partial charge in [0, 0.05) is 12.1 Å². The second-order valence-electron chi connectivity index (χ2n) is 6.51. The van der Waals surface area contributed by atoms with Crippen molar-refractivity contribution >= 4 is 11.9 Å². The first-order valence-electron chi connectivity index (χ1n) is 8.26. The van der Waals surface area contributed by atoms with Gasteiger partial charge in [0.15, 0.2) is 0 Å². The van der Waals surface area contributed by atoms with Gasteiger partial charge in [-0.2, -0.15) is 0 Å². The number of benzene rings is 1. The van der Waals surface area contributed by atoms with Crippen LogP contribution in [0, 0.1) is 15.5 Å². The first-order valence-corrected chi connectivity index (χ1v) is 8.26. The molecule has 1 aliphatic carbocycles. The maximum absolute atomic E-state index is 12.4. The van der Waals surface area contributed by atoms with E-state index in [1.807, 2.05) is 0 Å². The molecule has 0 atom stereocenters. The SMILES string of the molecule is O=C(O)CC1(CNC(=O)c2cccc(CO[N+](=O)[O-])c2)CCCCC1. The monoisotopic (exact) mass is 350 g/mol. The van der Waals surface area contributed by atoms with Crippen molar-refractivity contribution < 1.29 is 24.6 Å². The zero-order valence-corrected chi connectivity index (χ0v) is 13.9. The molecule has 8 heteroatoms. The van der Waals surface area contributed by atoms with Crippen molar-refractivity contribution in [2.24, 2.45) is 5.41 Å². The van der Waals surface area contributed by atoms with Crippen LogP contribution < -0.4 is 5.32 Å². The molecule has 1 aromatic rings. The van der Waals surface area contributed by atoms with Crippen LogP contribution >= 0.6 is 0 Å². The molecule has 0 saturated heterocycles. The lowest BCUT2D eigenvalue weighted by Crippen LogP contribution is -2.40. The summed E-state index contributed by atoms with van der Waals surface area (Å²) in [5.74, 6) is -1.17. The number of hydrogen-bond acceptors (Lipinski definition) is 5. The van der Waals surface area contributed by atoms with Crippen LogP contribution in [0.4, 0.5) is 0 Å². The van der Waals surface area contributed by atoms with Gasteiger partial charge in [-0.25, -0.2) is 0 Å². The highest BCUT2D eigenvalue weighted by atomic mass is 16.9. The summed E-state index contributed by atoms with van der Waals surface area (Å²) in [6.07, 6.45) is 4.65. The fourth-order valence-corrected chi connectivity index (χ4v) is 3.34. The smallest absolute Gasteiger partial charge is 0.303 e. The molecule has 0 unspecified atom stereocenters. The Morgan fingerprint density at radius 3 is 2.64 bits per heavy atom. The molecule has 8 nitrogen and oxygen atoms in total. The minimum Gasteiger partial charge on any atom is -0.481 e. The lowest BCUT2D eigenvalue weighted by molar-refractivity contribution is -0.763. The van der Waals surface area contributed by atoms with Crippen LogP contribution in [0.1, 0.15) is 54.4 Å². The Labute approximate surface area is 145 Å². The fraction of sp³-hybridized carbons (Fsp3) is 0.529. The largest absolute Gasteiger partial charge is 0.481 e. The van der Waals surface area contributed by atoms with E-state index in [1.54, 1.807) is 18.2 Å². The fourth-order valence-electron chi connectivity index (χ4n) is 3.34. The Kier molecular flexibility index (Phi) is 6.32. The van der Waals surface area contributed by atoms with E-state index in [4.69, 9.17) is 0 Å². The quantitative estimate of drug-likeness (QED) is 0.549. The highest BCUT2D eigenvalue weighted by Crippen LogP contribution is 2.38. The standard InChI is InChI=1S/C17H22N2O6/c20-15(21)10-17(7-2-1-3-8-17)12-18-16(22)14-6-4-5-13(9-14)11-25-19(23)24/h4-6,9H,1-3,7-8,10-12H2,(H,18,22)(H,20,21). The number of carbonyl (C=O) groups is 2. The van der Waals surface area contributed by atoms with E-state index in [2.05, 4.69) is 10.2 Å². The molecule has 0 radical (unpaired) electrons. The van der Waals surface area contributed by atoms with Gasteiger partial charge in [0.2, 0.25) is 0 Å². The van der Waals surface area contributed by atoms with E-state index in [1.165, 1.54) is 6.07 Å². The van der Waals surface area contributed by atoms with Gasteiger partial charge in [0.25, 0.3) is 11.0 Å². The van der Waals surface area contributed by atoms with Gasteiger partial charge in [-0.15, -0.1) is 10.1 Å². The van der Waals surface area contributed by atoms with E-state index in [9.17, 15) is 24.8 Å². The van der Waals surface area contributed by atoms with Crippen LogP contribution in [0.5, 0.6) is 0 Å². The summed E-state index contributed by atoms with van der Waals surface area (Å²) in [4.78, 5) is 38.1. The number of nitrogens with one attached hydrogen (secondary N) is 1. The number of aliphatic carboxylic acids is 1. The van der Waals surface area contributed by atoms with Gasteiger partial charge in [-0.3, -0.25) is 9.59 Å². The van der Waals surface area contributed by atoms with Crippen molar-refractivity contribution in [3.05, 3.63) is 45.5 Å². The number of amides is 1. The number of rotatable bonds is 8. The molecule has 1 aromatic carbocycles. The van der Waals surface area contributed by atoms with Crippen molar-refractivity contribution in [1.82, 2.24) is 5.32 Å². The molecule has 0 heterocycles. The lowest BCUT2D eigenvalue weighted by Gasteiger charge is -2.36. The zero-order valence-electron chi connectivity index (χ0n) is 13.9. The third kappa shape index (κ3) is 5.74. The summed E-state index contributed by atoms with van der Waals surface area (Å²) in [5.41, 5.74) is 0.486. The average molecular weight is 350 g/mol. The number of hydrogen-bond donors (Lipinski definition) is 2. The Morgan fingerprint density at radius 1 is 1.28 bits per heavy atom. The summed E-state index contributed by atoms with van der Waals surface area (Å²) in [7, 11) is 0. The number of nitrogens with zero attached hydrogens (tertiary/aromatic N) is 1. The molecule has 0 spiro atoms. The minimum atomic E-state index is -0.883. The van der Waals surface area contributed by atoms with Gasteiger partial charge < -0.3 is 15.3 Å². The number of carboxylic acid groups (broad SMARTS) is 1. The van der Waals surface area contributed by atoms with Crippen LogP contribution in [-0.4, -0.2) is 28.6 Å². The second-order valence-corrected chi connectivity index (χ2v) is 6.51. The Hall–Kier alpha value is -2.64. The maximum atomic E-state index is 12.4. The van der Waals surface area contributed by atoms with E-state index < -0.39 is 16.5 Å². The maximum Gasteiger partial charge on any atom is 0.303 e. The predicted octanol–water partition coefficient (Wildman–Crippen LogP) is 2.55. The van der Waals surface area contributed by atoms with Gasteiger partial charge >= 0.3 is 5.97 Å². The van der Waals surface area contributed by atoms with E-state index >= 15 is 0 Å². The van der Waals surface area contributed by atoms with Gasteiger partial charge in [0.1, 0.15) is 6.61 Å². The van der Waals surface area contributed by atoms with Crippen LogP contribution in [0.3, 0.4) is 0 Å². The van der Waals surface area contributed by atoms with E-state index in [-0.39, 0.29) is 18.9 Å².